The van der Waals surface area contributed by atoms with E-state index in [9.17, 15) is 19.7 Å². The summed E-state index contributed by atoms with van der Waals surface area (Å²) in [5.41, 5.74) is 1.31. The minimum Gasteiger partial charge on any atom is -0.478 e. The molecule has 0 aromatic heterocycles. The molecular weight excluding hydrogens is 312 g/mol. The first-order valence-corrected chi connectivity index (χ1v) is 7.24. The second-order valence-corrected chi connectivity index (χ2v) is 5.40. The third kappa shape index (κ3) is 4.39. The molecule has 0 bridgehead atoms. The minimum absolute atomic E-state index is 0.00124. The van der Waals surface area contributed by atoms with Crippen LogP contribution in [-0.2, 0) is 11.2 Å². The summed E-state index contributed by atoms with van der Waals surface area (Å²) in [7, 11) is 0. The Bertz CT molecular complexity index is 771. The number of nitrogens with zero attached hydrogens (tertiary/aromatic N) is 1. The zero-order valence-corrected chi connectivity index (χ0v) is 12.9. The highest BCUT2D eigenvalue weighted by molar-refractivity contribution is 5.94. The number of amides is 1. The number of carboxylic acid groups (broad SMARTS) is 1. The van der Waals surface area contributed by atoms with Crippen molar-refractivity contribution in [3.63, 3.8) is 0 Å². The highest BCUT2D eigenvalue weighted by Gasteiger charge is 2.15. The number of hydrogen-bond donors (Lipinski definition) is 2. The molecule has 24 heavy (non-hydrogen) atoms. The third-order valence-electron chi connectivity index (χ3n) is 3.51. The second kappa shape index (κ2) is 7.36. The summed E-state index contributed by atoms with van der Waals surface area (Å²) >= 11 is 0. The van der Waals surface area contributed by atoms with Gasteiger partial charge in [0.2, 0.25) is 5.91 Å². The highest BCUT2D eigenvalue weighted by atomic mass is 16.6. The maximum absolute atomic E-state index is 12.2. The fraction of sp³-hybridized carbons (Fsp3) is 0.176. The predicted molar refractivity (Wildman–Crippen MR) is 88.0 cm³/mol. The first-order chi connectivity index (χ1) is 11.4. The molecule has 7 nitrogen and oxygen atoms in total. The van der Waals surface area contributed by atoms with Crippen molar-refractivity contribution < 1.29 is 19.6 Å². The van der Waals surface area contributed by atoms with Gasteiger partial charge in [0.25, 0.3) is 5.69 Å². The zero-order chi connectivity index (χ0) is 17.7. The van der Waals surface area contributed by atoms with Gasteiger partial charge in [0, 0.05) is 23.7 Å². The number of nitrogens with one attached hydrogen (secondary N) is 1. The van der Waals surface area contributed by atoms with Gasteiger partial charge in [0.1, 0.15) is 0 Å². The van der Waals surface area contributed by atoms with Crippen LogP contribution in [0.25, 0.3) is 0 Å². The average Bonchev–Trinajstić information content (AvgIpc) is 2.55. The standard InChI is InChI=1S/C17H16N2O5/c1-11(9-12-5-7-15(8-6-12)19(23)24)16(20)18-14-4-2-3-13(10-14)17(21)22/h2-8,10-11H,9H2,1H3,(H,18,20)(H,21,22). The van der Waals surface area contributed by atoms with Gasteiger partial charge in [0.15, 0.2) is 0 Å². The number of non-ortho nitro benzene ring substituents is 1. The van der Waals surface area contributed by atoms with E-state index in [2.05, 4.69) is 5.32 Å². The number of aromatic carboxylic acids is 1. The molecule has 1 unspecified atom stereocenters. The number of carbonyl (C=O) groups is 2. The number of nitro groups is 1. The lowest BCUT2D eigenvalue weighted by atomic mass is 10.00. The molecule has 0 radical (unpaired) electrons. The van der Waals surface area contributed by atoms with E-state index >= 15 is 0 Å². The maximum atomic E-state index is 12.2. The van der Waals surface area contributed by atoms with Crippen LogP contribution in [0.4, 0.5) is 11.4 Å². The number of benzene rings is 2. The van der Waals surface area contributed by atoms with Crippen LogP contribution in [0, 0.1) is 16.0 Å². The molecule has 7 heteroatoms. The molecule has 2 aromatic carbocycles. The molecule has 0 fully saturated rings. The van der Waals surface area contributed by atoms with Crippen LogP contribution in [0.5, 0.6) is 0 Å². The average molecular weight is 328 g/mol. The molecule has 2 N–H and O–H groups in total. The molecule has 0 saturated heterocycles. The van der Waals surface area contributed by atoms with Crippen LogP contribution < -0.4 is 5.32 Å². The number of anilines is 1. The molecule has 0 aliphatic carbocycles. The lowest BCUT2D eigenvalue weighted by Crippen LogP contribution is -2.22. The van der Waals surface area contributed by atoms with E-state index in [-0.39, 0.29) is 23.1 Å². The van der Waals surface area contributed by atoms with Crippen LogP contribution in [-0.4, -0.2) is 21.9 Å². The summed E-state index contributed by atoms with van der Waals surface area (Å²) in [6.45, 7) is 1.73. The van der Waals surface area contributed by atoms with E-state index in [0.29, 0.717) is 12.1 Å². The molecule has 124 valence electrons. The molecule has 0 spiro atoms. The Hall–Kier alpha value is -3.22. The second-order valence-electron chi connectivity index (χ2n) is 5.40. The topological polar surface area (TPSA) is 110 Å². The lowest BCUT2D eigenvalue weighted by molar-refractivity contribution is -0.384. The molecule has 2 rings (SSSR count). The smallest absolute Gasteiger partial charge is 0.335 e. The molecule has 1 atom stereocenters. The van der Waals surface area contributed by atoms with E-state index in [1.165, 1.54) is 24.3 Å². The third-order valence-corrected chi connectivity index (χ3v) is 3.51. The fourth-order valence-corrected chi connectivity index (χ4v) is 2.20. The van der Waals surface area contributed by atoms with Gasteiger partial charge in [-0.05, 0) is 30.2 Å². The van der Waals surface area contributed by atoms with E-state index in [1.54, 1.807) is 31.2 Å². The van der Waals surface area contributed by atoms with Gasteiger partial charge >= 0.3 is 5.97 Å². The van der Waals surface area contributed by atoms with Gasteiger partial charge in [-0.15, -0.1) is 0 Å². The molecule has 2 aromatic rings. The monoisotopic (exact) mass is 328 g/mol. The van der Waals surface area contributed by atoms with Gasteiger partial charge in [-0.3, -0.25) is 14.9 Å². The van der Waals surface area contributed by atoms with Gasteiger partial charge in [-0.1, -0.05) is 25.1 Å². The highest BCUT2D eigenvalue weighted by Crippen LogP contribution is 2.17. The van der Waals surface area contributed by atoms with Crippen molar-refractivity contribution in [3.8, 4) is 0 Å². The molecule has 0 saturated carbocycles. The fourth-order valence-electron chi connectivity index (χ4n) is 2.20. The van der Waals surface area contributed by atoms with Crippen LogP contribution in [0.1, 0.15) is 22.8 Å². The number of carboxylic acids is 1. The number of nitro benzene ring substituents is 1. The van der Waals surface area contributed by atoms with Gasteiger partial charge < -0.3 is 10.4 Å². The summed E-state index contributed by atoms with van der Waals surface area (Å²) in [6, 6.07) is 12.0. The number of rotatable bonds is 6. The quantitative estimate of drug-likeness (QED) is 0.625. The van der Waals surface area contributed by atoms with Crippen molar-refractivity contribution in [1.29, 1.82) is 0 Å². The van der Waals surface area contributed by atoms with Crippen molar-refractivity contribution in [2.75, 3.05) is 5.32 Å². The number of carbonyl (C=O) groups excluding carboxylic acids is 1. The Morgan fingerprint density at radius 2 is 1.88 bits per heavy atom. The number of hydrogen-bond acceptors (Lipinski definition) is 4. The Morgan fingerprint density at radius 1 is 1.21 bits per heavy atom. The first kappa shape index (κ1) is 17.1. The Balaban J connectivity index is 2.00. The molecule has 0 aliphatic heterocycles. The van der Waals surface area contributed by atoms with E-state index in [4.69, 9.17) is 5.11 Å². The van der Waals surface area contributed by atoms with Crippen LogP contribution in [0.3, 0.4) is 0 Å². The Kier molecular flexibility index (Phi) is 5.26. The molecule has 0 heterocycles. The van der Waals surface area contributed by atoms with Crippen LogP contribution >= 0.6 is 0 Å². The normalized spacial score (nSPS) is 11.5. The summed E-state index contributed by atoms with van der Waals surface area (Å²) in [5.74, 6) is -1.69. The maximum Gasteiger partial charge on any atom is 0.335 e. The summed E-state index contributed by atoms with van der Waals surface area (Å²) in [4.78, 5) is 33.3. The van der Waals surface area contributed by atoms with Crippen molar-refractivity contribution in [1.82, 2.24) is 0 Å². The first-order valence-electron chi connectivity index (χ1n) is 7.24. The van der Waals surface area contributed by atoms with Gasteiger partial charge in [-0.2, -0.15) is 0 Å². The van der Waals surface area contributed by atoms with Gasteiger partial charge in [0.05, 0.1) is 10.5 Å². The lowest BCUT2D eigenvalue weighted by Gasteiger charge is -2.12. The van der Waals surface area contributed by atoms with E-state index in [0.717, 1.165) is 5.56 Å². The zero-order valence-electron chi connectivity index (χ0n) is 12.9. The van der Waals surface area contributed by atoms with Crippen molar-refractivity contribution in [2.24, 2.45) is 5.92 Å². The largest absolute Gasteiger partial charge is 0.478 e. The van der Waals surface area contributed by atoms with E-state index < -0.39 is 10.9 Å². The Morgan fingerprint density at radius 3 is 2.46 bits per heavy atom. The summed E-state index contributed by atoms with van der Waals surface area (Å²) < 4.78 is 0. The Labute approximate surface area is 138 Å². The van der Waals surface area contributed by atoms with E-state index in [1.807, 2.05) is 0 Å². The van der Waals surface area contributed by atoms with Crippen LogP contribution in [0.15, 0.2) is 48.5 Å². The summed E-state index contributed by atoms with van der Waals surface area (Å²) in [6.07, 6.45) is 0.419. The predicted octanol–water partition coefficient (Wildman–Crippen LogP) is 3.11. The SMILES string of the molecule is CC(Cc1ccc([N+](=O)[O-])cc1)C(=O)Nc1cccc(C(=O)O)c1. The van der Waals surface area contributed by atoms with Gasteiger partial charge in [-0.25, -0.2) is 4.79 Å². The molecule has 0 aliphatic rings. The molecule has 1 amide bonds. The minimum atomic E-state index is -1.06. The van der Waals surface area contributed by atoms with Crippen molar-refractivity contribution in [3.05, 3.63) is 69.8 Å². The van der Waals surface area contributed by atoms with Crippen LogP contribution in [0.2, 0.25) is 0 Å². The van der Waals surface area contributed by atoms with Crippen molar-refractivity contribution >= 4 is 23.3 Å². The molecular formula is C17H16N2O5. The summed E-state index contributed by atoms with van der Waals surface area (Å²) in [5, 5.41) is 22.2. The van der Waals surface area contributed by atoms with Crippen molar-refractivity contribution in [2.45, 2.75) is 13.3 Å².